The molecule has 1 atom stereocenters. The lowest BCUT2D eigenvalue weighted by molar-refractivity contribution is 0.0978. The Hall–Kier alpha value is -2.12. The van der Waals surface area contributed by atoms with Crippen molar-refractivity contribution in [2.45, 2.75) is 12.8 Å². The number of thiophene rings is 1. The Kier molecular flexibility index (Phi) is 3.98. The van der Waals surface area contributed by atoms with Crippen LogP contribution in [0.2, 0.25) is 0 Å². The molecule has 0 saturated carbocycles. The molecule has 0 aliphatic heterocycles. The molecule has 0 fully saturated rings. The summed E-state index contributed by atoms with van der Waals surface area (Å²) < 4.78 is 5.13. The highest BCUT2D eigenvalue weighted by Gasteiger charge is 2.23. The molecular formula is C15H13NO2S. The number of carbonyl (C=O) groups excluding carboxylic acids is 1. The lowest BCUT2D eigenvalue weighted by Gasteiger charge is -2.09. The number of nitriles is 1. The molecule has 0 aliphatic rings. The van der Waals surface area contributed by atoms with Crippen molar-refractivity contribution in [3.05, 3.63) is 51.7 Å². The van der Waals surface area contributed by atoms with Gasteiger partial charge in [-0.1, -0.05) is 12.1 Å². The minimum Gasteiger partial charge on any atom is -0.497 e. The number of benzene rings is 1. The molecule has 1 unspecified atom stereocenters. The van der Waals surface area contributed by atoms with Gasteiger partial charge in [0.15, 0.2) is 5.78 Å². The van der Waals surface area contributed by atoms with E-state index in [1.165, 1.54) is 11.3 Å². The fourth-order valence-corrected chi connectivity index (χ4v) is 2.71. The quantitative estimate of drug-likeness (QED) is 0.799. The zero-order chi connectivity index (χ0) is 13.8. The van der Waals surface area contributed by atoms with Crippen LogP contribution in [0.4, 0.5) is 0 Å². The number of ketones is 1. The van der Waals surface area contributed by atoms with Crippen LogP contribution in [0, 0.1) is 18.3 Å². The minimum atomic E-state index is -0.789. The summed E-state index contributed by atoms with van der Waals surface area (Å²) in [7, 11) is 1.56. The van der Waals surface area contributed by atoms with E-state index in [0.29, 0.717) is 16.9 Å². The van der Waals surface area contributed by atoms with Crippen LogP contribution in [0.5, 0.6) is 5.75 Å². The van der Waals surface area contributed by atoms with Gasteiger partial charge in [-0.3, -0.25) is 4.79 Å². The second-order valence-corrected chi connectivity index (χ2v) is 4.92. The molecule has 0 spiro atoms. The van der Waals surface area contributed by atoms with Gasteiger partial charge >= 0.3 is 0 Å². The lowest BCUT2D eigenvalue weighted by Crippen LogP contribution is -2.11. The van der Waals surface area contributed by atoms with Gasteiger partial charge in [-0.15, -0.1) is 0 Å². The molecule has 0 bridgehead atoms. The highest BCUT2D eigenvalue weighted by atomic mass is 32.1. The van der Waals surface area contributed by atoms with Gasteiger partial charge in [0.05, 0.1) is 13.2 Å². The number of aryl methyl sites for hydroxylation is 1. The topological polar surface area (TPSA) is 50.1 Å². The first-order valence-electron chi connectivity index (χ1n) is 5.78. The molecule has 1 heterocycles. The van der Waals surface area contributed by atoms with E-state index in [9.17, 15) is 10.1 Å². The molecule has 96 valence electrons. The average Bonchev–Trinajstić information content (AvgIpc) is 2.86. The van der Waals surface area contributed by atoms with Gasteiger partial charge in [0.25, 0.3) is 0 Å². The normalized spacial score (nSPS) is 11.6. The fraction of sp³-hybridized carbons (Fsp3) is 0.200. The van der Waals surface area contributed by atoms with Crippen molar-refractivity contribution in [2.75, 3.05) is 7.11 Å². The largest absolute Gasteiger partial charge is 0.497 e. The molecule has 2 aromatic rings. The summed E-state index contributed by atoms with van der Waals surface area (Å²) in [6, 6.07) is 9.16. The van der Waals surface area contributed by atoms with Crippen LogP contribution < -0.4 is 4.74 Å². The van der Waals surface area contributed by atoms with Gasteiger partial charge < -0.3 is 4.74 Å². The maximum absolute atomic E-state index is 12.4. The third-order valence-corrected chi connectivity index (χ3v) is 3.80. The zero-order valence-electron chi connectivity index (χ0n) is 10.7. The number of Topliss-reactive ketones (excluding diaryl/α,β-unsaturated/α-hetero) is 1. The van der Waals surface area contributed by atoms with Crippen molar-refractivity contribution in [2.24, 2.45) is 0 Å². The number of nitrogens with zero attached hydrogens (tertiary/aromatic N) is 1. The van der Waals surface area contributed by atoms with Gasteiger partial charge in [-0.25, -0.2) is 0 Å². The number of hydrogen-bond acceptors (Lipinski definition) is 4. The second kappa shape index (κ2) is 5.68. The number of rotatable bonds is 4. The monoisotopic (exact) mass is 271 g/mol. The highest BCUT2D eigenvalue weighted by molar-refractivity contribution is 7.08. The molecule has 0 N–H and O–H groups in total. The minimum absolute atomic E-state index is 0.158. The number of ether oxygens (including phenoxy) is 1. The second-order valence-electron chi connectivity index (χ2n) is 4.17. The molecule has 0 radical (unpaired) electrons. The third-order valence-electron chi connectivity index (χ3n) is 2.94. The van der Waals surface area contributed by atoms with Crippen LogP contribution in [0.25, 0.3) is 0 Å². The Bertz CT molecular complexity index is 640. The van der Waals surface area contributed by atoms with E-state index in [-0.39, 0.29) is 5.78 Å². The summed E-state index contributed by atoms with van der Waals surface area (Å²) in [4.78, 5) is 12.4. The van der Waals surface area contributed by atoms with E-state index in [4.69, 9.17) is 4.74 Å². The fourth-order valence-electron chi connectivity index (χ4n) is 1.87. The summed E-state index contributed by atoms with van der Waals surface area (Å²) >= 11 is 1.47. The lowest BCUT2D eigenvalue weighted by atomic mass is 9.91. The Labute approximate surface area is 116 Å². The highest BCUT2D eigenvalue weighted by Crippen LogP contribution is 2.26. The molecule has 1 aromatic carbocycles. The van der Waals surface area contributed by atoms with Crippen molar-refractivity contribution in [3.63, 3.8) is 0 Å². The standard InChI is InChI=1S/C15H13NO2S/c1-10-8-19-9-14(10)15(17)13(7-16)11-4-3-5-12(6-11)18-2/h3-6,8-9,13H,1-2H3. The van der Waals surface area contributed by atoms with Crippen molar-refractivity contribution < 1.29 is 9.53 Å². The van der Waals surface area contributed by atoms with Crippen LogP contribution in [0.1, 0.15) is 27.4 Å². The van der Waals surface area contributed by atoms with E-state index in [1.807, 2.05) is 12.3 Å². The zero-order valence-corrected chi connectivity index (χ0v) is 11.5. The van der Waals surface area contributed by atoms with Crippen LogP contribution in [0.15, 0.2) is 35.0 Å². The predicted molar refractivity (Wildman–Crippen MR) is 74.7 cm³/mol. The smallest absolute Gasteiger partial charge is 0.185 e. The third kappa shape index (κ3) is 2.67. The average molecular weight is 271 g/mol. The van der Waals surface area contributed by atoms with E-state index < -0.39 is 5.92 Å². The number of methoxy groups -OCH3 is 1. The Balaban J connectivity index is 2.38. The van der Waals surface area contributed by atoms with Crippen molar-refractivity contribution in [3.8, 4) is 11.8 Å². The SMILES string of the molecule is COc1cccc(C(C#N)C(=O)c2cscc2C)c1. The molecule has 2 rings (SSSR count). The summed E-state index contributed by atoms with van der Waals surface area (Å²) in [5, 5.41) is 13.0. The Morgan fingerprint density at radius 1 is 1.42 bits per heavy atom. The first-order valence-corrected chi connectivity index (χ1v) is 6.72. The molecule has 3 nitrogen and oxygen atoms in total. The Morgan fingerprint density at radius 2 is 2.21 bits per heavy atom. The van der Waals surface area contributed by atoms with Crippen molar-refractivity contribution in [1.82, 2.24) is 0 Å². The first kappa shape index (κ1) is 13.3. The summed E-state index contributed by atoms with van der Waals surface area (Å²) in [6.45, 7) is 1.88. The molecule has 1 aromatic heterocycles. The molecule has 4 heteroatoms. The number of carbonyl (C=O) groups is 1. The van der Waals surface area contributed by atoms with E-state index in [2.05, 4.69) is 6.07 Å². The maximum atomic E-state index is 12.4. The van der Waals surface area contributed by atoms with Crippen molar-refractivity contribution in [1.29, 1.82) is 5.26 Å². The Morgan fingerprint density at radius 3 is 2.79 bits per heavy atom. The van der Waals surface area contributed by atoms with Gasteiger partial charge in [-0.05, 0) is 35.6 Å². The summed E-state index contributed by atoms with van der Waals surface area (Å²) in [5.74, 6) is -0.300. The van der Waals surface area contributed by atoms with Gasteiger partial charge in [-0.2, -0.15) is 16.6 Å². The maximum Gasteiger partial charge on any atom is 0.185 e. The van der Waals surface area contributed by atoms with Crippen LogP contribution in [0.3, 0.4) is 0 Å². The van der Waals surface area contributed by atoms with Gasteiger partial charge in [0.2, 0.25) is 0 Å². The van der Waals surface area contributed by atoms with Gasteiger partial charge in [0.1, 0.15) is 11.7 Å². The molecule has 0 amide bonds. The van der Waals surface area contributed by atoms with E-state index in [0.717, 1.165) is 5.56 Å². The summed E-state index contributed by atoms with van der Waals surface area (Å²) in [5.41, 5.74) is 2.20. The molecule has 0 aliphatic carbocycles. The number of hydrogen-bond donors (Lipinski definition) is 0. The van der Waals surface area contributed by atoms with Crippen LogP contribution in [-0.2, 0) is 0 Å². The van der Waals surface area contributed by atoms with Gasteiger partial charge in [0, 0.05) is 10.9 Å². The van der Waals surface area contributed by atoms with Crippen LogP contribution in [-0.4, -0.2) is 12.9 Å². The predicted octanol–water partition coefficient (Wildman–Crippen LogP) is 3.56. The first-order chi connectivity index (χ1) is 9.17. The van der Waals surface area contributed by atoms with Crippen LogP contribution >= 0.6 is 11.3 Å². The molecular weight excluding hydrogens is 258 g/mol. The molecule has 19 heavy (non-hydrogen) atoms. The summed E-state index contributed by atoms with van der Waals surface area (Å²) in [6.07, 6.45) is 0. The van der Waals surface area contributed by atoms with Crippen molar-refractivity contribution >= 4 is 17.1 Å². The van der Waals surface area contributed by atoms with E-state index >= 15 is 0 Å². The van der Waals surface area contributed by atoms with E-state index in [1.54, 1.807) is 36.8 Å². The molecule has 0 saturated heterocycles.